The first-order valence-electron chi connectivity index (χ1n) is 6.79. The summed E-state index contributed by atoms with van der Waals surface area (Å²) in [5.74, 6) is 0. The molecule has 2 rings (SSSR count). The molecule has 3 nitrogen and oxygen atoms in total. The zero-order valence-electron chi connectivity index (χ0n) is 11.3. The van der Waals surface area contributed by atoms with Crippen LogP contribution in [0.2, 0.25) is 0 Å². The summed E-state index contributed by atoms with van der Waals surface area (Å²) in [6.45, 7) is 6.20. The van der Waals surface area contributed by atoms with Crippen LogP contribution in [-0.2, 0) is 0 Å². The molecule has 1 saturated heterocycles. The summed E-state index contributed by atoms with van der Waals surface area (Å²) >= 11 is 0. The van der Waals surface area contributed by atoms with Crippen LogP contribution in [-0.4, -0.2) is 21.3 Å². The summed E-state index contributed by atoms with van der Waals surface area (Å²) in [7, 11) is 0. The second-order valence-electron chi connectivity index (χ2n) is 6.65. The first kappa shape index (κ1) is 12.9. The standard InChI is InChI=1S/C14H24N2O/c1-12(2)9-10-13(3,16(12)17)14(11-15)7-5-4-6-8-14/h17H,4-10H2,1-3H3. The lowest BCUT2D eigenvalue weighted by Gasteiger charge is -2.49. The minimum Gasteiger partial charge on any atom is -0.313 e. The lowest BCUT2D eigenvalue weighted by molar-refractivity contribution is -0.226. The van der Waals surface area contributed by atoms with Crippen molar-refractivity contribution in [2.24, 2.45) is 5.41 Å². The maximum Gasteiger partial charge on any atom is 0.0777 e. The van der Waals surface area contributed by atoms with Crippen LogP contribution in [0.5, 0.6) is 0 Å². The number of hydrogen-bond donors (Lipinski definition) is 1. The molecule has 1 saturated carbocycles. The van der Waals surface area contributed by atoms with E-state index < -0.39 is 0 Å². The number of hydroxylamine groups is 2. The Balaban J connectivity index is 2.34. The van der Waals surface area contributed by atoms with Gasteiger partial charge in [-0.1, -0.05) is 19.3 Å². The zero-order chi connectivity index (χ0) is 12.7. The summed E-state index contributed by atoms with van der Waals surface area (Å²) in [6.07, 6.45) is 7.23. The van der Waals surface area contributed by atoms with Crippen molar-refractivity contribution in [3.05, 3.63) is 0 Å². The first-order valence-corrected chi connectivity index (χ1v) is 6.79. The highest BCUT2D eigenvalue weighted by Crippen LogP contribution is 2.54. The molecule has 1 unspecified atom stereocenters. The summed E-state index contributed by atoms with van der Waals surface area (Å²) in [6, 6.07) is 2.57. The van der Waals surface area contributed by atoms with Crippen molar-refractivity contribution in [2.45, 2.75) is 76.8 Å². The number of hydrogen-bond acceptors (Lipinski definition) is 3. The molecule has 1 aliphatic heterocycles. The normalized spacial score (nSPS) is 36.6. The van der Waals surface area contributed by atoms with Gasteiger partial charge in [0.25, 0.3) is 0 Å². The Kier molecular flexibility index (Phi) is 3.00. The predicted molar refractivity (Wildman–Crippen MR) is 66.5 cm³/mol. The lowest BCUT2D eigenvalue weighted by Crippen LogP contribution is -2.57. The Labute approximate surface area is 104 Å². The minimum atomic E-state index is -0.369. The molecule has 0 bridgehead atoms. The molecule has 96 valence electrons. The van der Waals surface area contributed by atoms with Crippen LogP contribution < -0.4 is 0 Å². The highest BCUT2D eigenvalue weighted by molar-refractivity contribution is 5.18. The van der Waals surface area contributed by atoms with Gasteiger partial charge in [-0.3, -0.25) is 0 Å². The van der Waals surface area contributed by atoms with Gasteiger partial charge in [0.15, 0.2) is 0 Å². The van der Waals surface area contributed by atoms with E-state index in [1.54, 1.807) is 0 Å². The van der Waals surface area contributed by atoms with Gasteiger partial charge < -0.3 is 5.21 Å². The van der Waals surface area contributed by atoms with E-state index in [1.165, 1.54) is 11.5 Å². The molecule has 0 aromatic heterocycles. The molecular weight excluding hydrogens is 212 g/mol. The second kappa shape index (κ2) is 3.96. The van der Waals surface area contributed by atoms with Gasteiger partial charge in [0.1, 0.15) is 0 Å². The van der Waals surface area contributed by atoms with Crippen molar-refractivity contribution in [2.75, 3.05) is 0 Å². The quantitative estimate of drug-likeness (QED) is 0.758. The smallest absolute Gasteiger partial charge is 0.0777 e. The Morgan fingerprint density at radius 3 is 2.00 bits per heavy atom. The van der Waals surface area contributed by atoms with Crippen LogP contribution >= 0.6 is 0 Å². The van der Waals surface area contributed by atoms with Crippen molar-refractivity contribution >= 4 is 0 Å². The lowest BCUT2D eigenvalue weighted by atomic mass is 9.62. The van der Waals surface area contributed by atoms with Gasteiger partial charge in [-0.15, -0.1) is 0 Å². The van der Waals surface area contributed by atoms with E-state index in [4.69, 9.17) is 0 Å². The van der Waals surface area contributed by atoms with Crippen molar-refractivity contribution < 1.29 is 5.21 Å². The molecule has 1 N–H and O–H groups in total. The Bertz CT molecular complexity index is 339. The van der Waals surface area contributed by atoms with E-state index in [9.17, 15) is 10.5 Å². The fraction of sp³-hybridized carbons (Fsp3) is 0.929. The van der Waals surface area contributed by atoms with E-state index in [-0.39, 0.29) is 16.5 Å². The average Bonchev–Trinajstić information content (AvgIpc) is 2.55. The summed E-state index contributed by atoms with van der Waals surface area (Å²) < 4.78 is 0. The van der Waals surface area contributed by atoms with Gasteiger partial charge >= 0.3 is 0 Å². The highest BCUT2D eigenvalue weighted by atomic mass is 16.5. The van der Waals surface area contributed by atoms with Crippen LogP contribution in [0.1, 0.15) is 65.7 Å². The maximum atomic E-state index is 10.5. The van der Waals surface area contributed by atoms with E-state index >= 15 is 0 Å². The Morgan fingerprint density at radius 1 is 1.00 bits per heavy atom. The summed E-state index contributed by atoms with van der Waals surface area (Å²) in [5.41, 5.74) is -0.921. The number of nitriles is 1. The van der Waals surface area contributed by atoms with Gasteiger partial charge in [-0.2, -0.15) is 10.3 Å². The Morgan fingerprint density at radius 2 is 1.59 bits per heavy atom. The molecule has 0 spiro atoms. The number of nitrogens with zero attached hydrogens (tertiary/aromatic N) is 2. The fourth-order valence-electron chi connectivity index (χ4n) is 3.80. The summed E-state index contributed by atoms with van der Waals surface area (Å²) in [4.78, 5) is 0. The largest absolute Gasteiger partial charge is 0.313 e. The molecule has 17 heavy (non-hydrogen) atoms. The molecule has 0 radical (unpaired) electrons. The third kappa shape index (κ3) is 1.70. The second-order valence-corrected chi connectivity index (χ2v) is 6.65. The molecule has 3 heteroatoms. The molecular formula is C14H24N2O. The van der Waals surface area contributed by atoms with E-state index in [1.807, 2.05) is 0 Å². The van der Waals surface area contributed by atoms with Crippen molar-refractivity contribution in [3.8, 4) is 6.07 Å². The predicted octanol–water partition coefficient (Wildman–Crippen LogP) is 3.48. The molecule has 1 heterocycles. The van der Waals surface area contributed by atoms with Gasteiger partial charge in [0.05, 0.1) is 17.0 Å². The van der Waals surface area contributed by atoms with Gasteiger partial charge in [-0.25, -0.2) is 0 Å². The van der Waals surface area contributed by atoms with E-state index in [0.29, 0.717) is 0 Å². The van der Waals surface area contributed by atoms with Crippen LogP contribution in [0, 0.1) is 16.7 Å². The van der Waals surface area contributed by atoms with Crippen LogP contribution in [0.25, 0.3) is 0 Å². The van der Waals surface area contributed by atoms with E-state index in [2.05, 4.69) is 26.8 Å². The third-order valence-corrected chi connectivity index (χ3v) is 5.22. The van der Waals surface area contributed by atoms with Gasteiger partial charge in [0.2, 0.25) is 0 Å². The van der Waals surface area contributed by atoms with E-state index in [0.717, 1.165) is 38.5 Å². The van der Waals surface area contributed by atoms with Gasteiger partial charge in [-0.05, 0) is 46.5 Å². The van der Waals surface area contributed by atoms with Crippen molar-refractivity contribution in [1.29, 1.82) is 5.26 Å². The third-order valence-electron chi connectivity index (χ3n) is 5.22. The molecule has 1 aliphatic carbocycles. The molecule has 2 aliphatic rings. The SMILES string of the molecule is CC1(C)CCC(C)(C2(C#N)CCCCC2)N1O. The fourth-order valence-corrected chi connectivity index (χ4v) is 3.80. The molecule has 1 atom stereocenters. The monoisotopic (exact) mass is 236 g/mol. The number of rotatable bonds is 1. The zero-order valence-corrected chi connectivity index (χ0v) is 11.3. The highest BCUT2D eigenvalue weighted by Gasteiger charge is 2.59. The van der Waals surface area contributed by atoms with Crippen molar-refractivity contribution in [1.82, 2.24) is 5.06 Å². The van der Waals surface area contributed by atoms with Gasteiger partial charge in [0, 0.05) is 5.54 Å². The maximum absolute atomic E-state index is 10.5. The molecule has 0 aromatic carbocycles. The van der Waals surface area contributed by atoms with Crippen LogP contribution in [0.3, 0.4) is 0 Å². The first-order chi connectivity index (χ1) is 7.88. The average molecular weight is 236 g/mol. The topological polar surface area (TPSA) is 47.3 Å². The molecule has 0 aromatic rings. The molecule has 0 amide bonds. The summed E-state index contributed by atoms with van der Waals surface area (Å²) in [5, 5.41) is 21.7. The molecule has 2 fully saturated rings. The van der Waals surface area contributed by atoms with Crippen molar-refractivity contribution in [3.63, 3.8) is 0 Å². The van der Waals surface area contributed by atoms with Crippen LogP contribution in [0.4, 0.5) is 0 Å². The Hall–Kier alpha value is -0.590. The minimum absolute atomic E-state index is 0.198. The van der Waals surface area contributed by atoms with Crippen LogP contribution in [0.15, 0.2) is 0 Å².